The van der Waals surface area contributed by atoms with Crippen molar-refractivity contribution in [3.63, 3.8) is 0 Å². The van der Waals surface area contributed by atoms with Crippen LogP contribution in [0.1, 0.15) is 6.42 Å². The number of nitrogens with zero attached hydrogens (tertiary/aromatic N) is 1. The number of H-pyrrole nitrogens is 1. The molecule has 0 aromatic carbocycles. The summed E-state index contributed by atoms with van der Waals surface area (Å²) in [7, 11) is -3.05. The molecule has 1 amide bonds. The smallest absolute Gasteiger partial charge is 0.230 e. The molecule has 2 N–H and O–H groups in total. The molecule has 0 bridgehead atoms. The first-order chi connectivity index (χ1) is 9.53. The molecule has 2 aromatic rings. The van der Waals surface area contributed by atoms with Crippen molar-refractivity contribution < 1.29 is 13.2 Å². The van der Waals surface area contributed by atoms with Crippen LogP contribution in [0, 0.1) is 5.92 Å². The molecular weight excluding hydrogens is 298 g/mol. The highest BCUT2D eigenvalue weighted by Crippen LogP contribution is 2.25. The lowest BCUT2D eigenvalue weighted by Crippen LogP contribution is -2.23. The second kappa shape index (κ2) is 5.02. The van der Waals surface area contributed by atoms with Gasteiger partial charge < -0.3 is 10.3 Å². The zero-order valence-electron chi connectivity index (χ0n) is 10.5. The number of sulfone groups is 1. The largest absolute Gasteiger partial charge is 0.360 e. The summed E-state index contributed by atoms with van der Waals surface area (Å²) < 4.78 is 22.7. The zero-order valence-corrected chi connectivity index (χ0v) is 12.1. The van der Waals surface area contributed by atoms with Crippen LogP contribution in [0.15, 0.2) is 23.7 Å². The number of amides is 1. The molecule has 1 atom stereocenters. The summed E-state index contributed by atoms with van der Waals surface area (Å²) >= 11 is 1.32. The molecule has 3 heterocycles. The quantitative estimate of drug-likeness (QED) is 0.898. The van der Waals surface area contributed by atoms with E-state index in [0.29, 0.717) is 11.6 Å². The van der Waals surface area contributed by atoms with E-state index in [1.54, 1.807) is 6.20 Å². The van der Waals surface area contributed by atoms with E-state index in [-0.39, 0.29) is 17.4 Å². The monoisotopic (exact) mass is 311 g/mol. The van der Waals surface area contributed by atoms with Crippen molar-refractivity contribution in [1.29, 1.82) is 0 Å². The molecule has 1 fully saturated rings. The average molecular weight is 311 g/mol. The minimum absolute atomic E-state index is 0.0618. The fourth-order valence-corrected chi connectivity index (χ4v) is 4.61. The van der Waals surface area contributed by atoms with Gasteiger partial charge in [-0.2, -0.15) is 0 Å². The summed E-state index contributed by atoms with van der Waals surface area (Å²) in [6.07, 6.45) is 2.19. The number of aromatic nitrogens is 2. The van der Waals surface area contributed by atoms with E-state index in [1.807, 2.05) is 17.5 Å². The second-order valence-corrected chi connectivity index (χ2v) is 7.80. The van der Waals surface area contributed by atoms with Gasteiger partial charge in [0.05, 0.1) is 28.8 Å². The predicted octanol–water partition coefficient (Wildman–Crippen LogP) is 1.51. The Labute approximate surface area is 120 Å². The van der Waals surface area contributed by atoms with Gasteiger partial charge in [-0.15, -0.1) is 11.3 Å². The lowest BCUT2D eigenvalue weighted by Gasteiger charge is -2.06. The third-order valence-electron chi connectivity index (χ3n) is 3.21. The van der Waals surface area contributed by atoms with Crippen LogP contribution >= 0.6 is 11.3 Å². The van der Waals surface area contributed by atoms with Crippen LogP contribution < -0.4 is 5.32 Å². The molecule has 1 aliphatic heterocycles. The molecule has 8 heteroatoms. The van der Waals surface area contributed by atoms with Gasteiger partial charge in [0.2, 0.25) is 5.91 Å². The van der Waals surface area contributed by atoms with Gasteiger partial charge in [-0.3, -0.25) is 4.79 Å². The minimum atomic E-state index is -3.05. The average Bonchev–Trinajstić information content (AvgIpc) is 3.07. The predicted molar refractivity (Wildman–Crippen MR) is 77.3 cm³/mol. The van der Waals surface area contributed by atoms with Crippen molar-refractivity contribution in [2.24, 2.45) is 5.92 Å². The van der Waals surface area contributed by atoms with E-state index in [2.05, 4.69) is 15.3 Å². The van der Waals surface area contributed by atoms with Gasteiger partial charge in [-0.1, -0.05) is 0 Å². The molecule has 1 aliphatic rings. The highest BCUT2D eigenvalue weighted by molar-refractivity contribution is 7.91. The van der Waals surface area contributed by atoms with Crippen molar-refractivity contribution in [3.05, 3.63) is 23.7 Å². The Bertz CT molecular complexity index is 719. The number of aromatic amines is 1. The second-order valence-electron chi connectivity index (χ2n) is 4.71. The number of nitrogens with one attached hydrogen (secondary N) is 2. The fraction of sp³-hybridized carbons (Fsp3) is 0.333. The maximum atomic E-state index is 12.0. The summed E-state index contributed by atoms with van der Waals surface area (Å²) in [5.41, 5.74) is 1.64. The molecule has 3 rings (SSSR count). The number of anilines is 1. The van der Waals surface area contributed by atoms with Crippen LogP contribution in [-0.2, 0) is 14.6 Å². The summed E-state index contributed by atoms with van der Waals surface area (Å²) in [6, 6.07) is 3.76. The minimum Gasteiger partial charge on any atom is -0.360 e. The molecular formula is C12H13N3O3S2. The first-order valence-corrected chi connectivity index (χ1v) is 8.84. The van der Waals surface area contributed by atoms with Crippen molar-refractivity contribution in [1.82, 2.24) is 9.97 Å². The third-order valence-corrected chi connectivity index (χ3v) is 5.74. The first kappa shape index (κ1) is 13.3. The topological polar surface area (TPSA) is 91.9 Å². The molecule has 6 nitrogen and oxygen atoms in total. The van der Waals surface area contributed by atoms with Gasteiger partial charge in [0.1, 0.15) is 0 Å². The third kappa shape index (κ3) is 2.75. The Morgan fingerprint density at radius 1 is 1.50 bits per heavy atom. The number of rotatable bonds is 3. The molecule has 2 aromatic heterocycles. The summed E-state index contributed by atoms with van der Waals surface area (Å²) in [6.45, 7) is 0. The normalized spacial score (nSPS) is 20.9. The van der Waals surface area contributed by atoms with Crippen LogP contribution in [0.5, 0.6) is 0 Å². The highest BCUT2D eigenvalue weighted by Gasteiger charge is 2.33. The van der Waals surface area contributed by atoms with Gasteiger partial charge in [-0.05, 0) is 18.6 Å². The molecule has 0 saturated carbocycles. The molecule has 0 spiro atoms. The van der Waals surface area contributed by atoms with E-state index in [4.69, 9.17) is 0 Å². The van der Waals surface area contributed by atoms with E-state index >= 15 is 0 Å². The van der Waals surface area contributed by atoms with Gasteiger partial charge in [0, 0.05) is 11.6 Å². The number of hydrogen-bond acceptors (Lipinski definition) is 5. The van der Waals surface area contributed by atoms with Crippen molar-refractivity contribution in [2.75, 3.05) is 16.8 Å². The highest BCUT2D eigenvalue weighted by atomic mass is 32.2. The van der Waals surface area contributed by atoms with Crippen molar-refractivity contribution in [2.45, 2.75) is 6.42 Å². The molecule has 0 aliphatic carbocycles. The zero-order chi connectivity index (χ0) is 14.2. The maximum Gasteiger partial charge on any atom is 0.230 e. The number of hydrogen-bond donors (Lipinski definition) is 2. The van der Waals surface area contributed by atoms with Crippen molar-refractivity contribution >= 4 is 32.2 Å². The summed E-state index contributed by atoms with van der Waals surface area (Å²) in [5.74, 6) is -0.694. The number of thiazole rings is 1. The Kier molecular flexibility index (Phi) is 3.35. The Hall–Kier alpha value is -1.67. The molecule has 1 saturated heterocycles. The molecule has 1 unspecified atom stereocenters. The van der Waals surface area contributed by atoms with E-state index in [0.717, 1.165) is 11.4 Å². The number of carbonyl (C=O) groups excluding carboxylic acids is 1. The lowest BCUT2D eigenvalue weighted by molar-refractivity contribution is -0.119. The van der Waals surface area contributed by atoms with Crippen LogP contribution in [0.25, 0.3) is 11.4 Å². The summed E-state index contributed by atoms with van der Waals surface area (Å²) in [4.78, 5) is 19.3. The standard InChI is InChI=1S/C12H13N3O3S2/c16-11(8-3-5-20(17,18)7-8)15-12-14-10(6-19-12)9-2-1-4-13-9/h1-2,4,6,8,13H,3,5,7H2,(H,14,15,16). The van der Waals surface area contributed by atoms with Crippen LogP contribution in [0.3, 0.4) is 0 Å². The fourth-order valence-electron chi connectivity index (χ4n) is 2.15. The molecule has 106 valence electrons. The maximum absolute atomic E-state index is 12.0. The van der Waals surface area contributed by atoms with Crippen LogP contribution in [0.4, 0.5) is 5.13 Å². The Morgan fingerprint density at radius 2 is 2.35 bits per heavy atom. The van der Waals surface area contributed by atoms with Gasteiger partial charge in [-0.25, -0.2) is 13.4 Å². The Balaban J connectivity index is 1.68. The van der Waals surface area contributed by atoms with Crippen molar-refractivity contribution in [3.8, 4) is 11.4 Å². The van der Waals surface area contributed by atoms with Gasteiger partial charge in [0.25, 0.3) is 0 Å². The Morgan fingerprint density at radius 3 is 3.00 bits per heavy atom. The first-order valence-electron chi connectivity index (χ1n) is 6.14. The number of carbonyl (C=O) groups is 1. The van der Waals surface area contributed by atoms with E-state index in [1.165, 1.54) is 11.3 Å². The van der Waals surface area contributed by atoms with E-state index in [9.17, 15) is 13.2 Å². The SMILES string of the molecule is O=C(Nc1nc(-c2ccc[nH]2)cs1)C1CCS(=O)(=O)C1. The summed E-state index contributed by atoms with van der Waals surface area (Å²) in [5, 5.41) is 5.02. The van der Waals surface area contributed by atoms with E-state index < -0.39 is 15.8 Å². The van der Waals surface area contributed by atoms with Gasteiger partial charge >= 0.3 is 0 Å². The van der Waals surface area contributed by atoms with Crippen LogP contribution in [-0.4, -0.2) is 35.8 Å². The van der Waals surface area contributed by atoms with Crippen LogP contribution in [0.2, 0.25) is 0 Å². The van der Waals surface area contributed by atoms with Gasteiger partial charge in [0.15, 0.2) is 15.0 Å². The lowest BCUT2D eigenvalue weighted by atomic mass is 10.1. The molecule has 0 radical (unpaired) electrons. The molecule has 20 heavy (non-hydrogen) atoms.